The van der Waals surface area contributed by atoms with Gasteiger partial charge in [0, 0.05) is 23.8 Å². The lowest BCUT2D eigenvalue weighted by atomic mass is 10.0. The van der Waals surface area contributed by atoms with Gasteiger partial charge in [-0.2, -0.15) is 5.10 Å². The Balaban J connectivity index is 2.28. The summed E-state index contributed by atoms with van der Waals surface area (Å²) in [5.41, 5.74) is 8.12. The lowest BCUT2D eigenvalue weighted by Crippen LogP contribution is -2.10. The first-order valence-corrected chi connectivity index (χ1v) is 5.04. The maximum atomic E-state index is 6.08. The Bertz CT molecular complexity index is 447. The molecule has 0 bridgehead atoms. The minimum atomic E-state index is -0.143. The van der Waals surface area contributed by atoms with E-state index in [1.165, 1.54) is 0 Å². The molecule has 0 aliphatic heterocycles. The Kier molecular flexibility index (Phi) is 2.75. The third-order valence-electron chi connectivity index (χ3n) is 2.31. The molecule has 2 rings (SSSR count). The summed E-state index contributed by atoms with van der Waals surface area (Å²) < 4.78 is 1.74. The van der Waals surface area contributed by atoms with E-state index in [9.17, 15) is 0 Å². The van der Waals surface area contributed by atoms with Crippen LogP contribution in [0.2, 0.25) is 5.02 Å². The molecule has 2 N–H and O–H groups in total. The maximum Gasteiger partial charge on any atom is 0.0582 e. The Morgan fingerprint density at radius 1 is 1.27 bits per heavy atom. The number of nitrogens with two attached hydrogens (primary N) is 1. The monoisotopic (exact) mass is 221 g/mol. The van der Waals surface area contributed by atoms with E-state index in [2.05, 4.69) is 5.10 Å². The van der Waals surface area contributed by atoms with Gasteiger partial charge in [0.05, 0.1) is 12.2 Å². The highest BCUT2D eigenvalue weighted by Crippen LogP contribution is 2.20. The molecule has 0 saturated carbocycles. The Labute approximate surface area is 93.5 Å². The van der Waals surface area contributed by atoms with Crippen molar-refractivity contribution in [2.45, 2.75) is 6.04 Å². The van der Waals surface area contributed by atoms with Crippen molar-refractivity contribution in [2.75, 3.05) is 0 Å². The number of hydrogen-bond acceptors (Lipinski definition) is 2. The molecule has 0 saturated heterocycles. The molecule has 0 aliphatic carbocycles. The second-order valence-corrected chi connectivity index (χ2v) is 3.91. The molecule has 0 radical (unpaired) electrons. The highest BCUT2D eigenvalue weighted by Gasteiger charge is 2.09. The van der Waals surface area contributed by atoms with Gasteiger partial charge >= 0.3 is 0 Å². The Hall–Kier alpha value is -1.32. The van der Waals surface area contributed by atoms with Crippen LogP contribution in [-0.4, -0.2) is 9.78 Å². The van der Waals surface area contributed by atoms with Crippen LogP contribution in [0.15, 0.2) is 36.7 Å². The molecule has 1 aromatic carbocycles. The standard InChI is InChI=1S/C11H12ClN3/c1-15-7-9(6-14-15)11(13)8-2-4-10(12)5-3-8/h2-7,11H,13H2,1H3/t11-/m1/s1. The summed E-state index contributed by atoms with van der Waals surface area (Å²) in [7, 11) is 1.87. The average Bonchev–Trinajstić information content (AvgIpc) is 2.65. The van der Waals surface area contributed by atoms with Gasteiger partial charge in [0.1, 0.15) is 0 Å². The zero-order valence-corrected chi connectivity index (χ0v) is 9.15. The molecule has 1 atom stereocenters. The molecule has 15 heavy (non-hydrogen) atoms. The molecular weight excluding hydrogens is 210 g/mol. The Morgan fingerprint density at radius 3 is 2.47 bits per heavy atom. The highest BCUT2D eigenvalue weighted by atomic mass is 35.5. The predicted octanol–water partition coefficient (Wildman–Crippen LogP) is 2.12. The van der Waals surface area contributed by atoms with Gasteiger partial charge in [-0.15, -0.1) is 0 Å². The number of halogens is 1. The summed E-state index contributed by atoms with van der Waals surface area (Å²) in [6.07, 6.45) is 3.69. The molecular formula is C11H12ClN3. The van der Waals surface area contributed by atoms with Gasteiger partial charge in [-0.1, -0.05) is 23.7 Å². The second-order valence-electron chi connectivity index (χ2n) is 3.48. The van der Waals surface area contributed by atoms with Crippen LogP contribution in [0.1, 0.15) is 17.2 Å². The van der Waals surface area contributed by atoms with Crippen molar-refractivity contribution in [1.82, 2.24) is 9.78 Å². The topological polar surface area (TPSA) is 43.8 Å². The van der Waals surface area contributed by atoms with Crippen molar-refractivity contribution >= 4 is 11.6 Å². The normalized spacial score (nSPS) is 12.7. The fourth-order valence-corrected chi connectivity index (χ4v) is 1.59. The molecule has 0 fully saturated rings. The maximum absolute atomic E-state index is 6.08. The van der Waals surface area contributed by atoms with Crippen molar-refractivity contribution in [3.8, 4) is 0 Å². The number of benzene rings is 1. The third-order valence-corrected chi connectivity index (χ3v) is 2.57. The fourth-order valence-electron chi connectivity index (χ4n) is 1.46. The van der Waals surface area contributed by atoms with E-state index < -0.39 is 0 Å². The Morgan fingerprint density at radius 2 is 1.93 bits per heavy atom. The van der Waals surface area contributed by atoms with Crippen LogP contribution in [0.25, 0.3) is 0 Å². The molecule has 0 spiro atoms. The molecule has 4 heteroatoms. The predicted molar refractivity (Wildman–Crippen MR) is 60.7 cm³/mol. The summed E-state index contributed by atoms with van der Waals surface area (Å²) >= 11 is 5.81. The van der Waals surface area contributed by atoms with E-state index in [1.54, 1.807) is 10.9 Å². The van der Waals surface area contributed by atoms with Gasteiger partial charge in [0.15, 0.2) is 0 Å². The number of aryl methyl sites for hydroxylation is 1. The zero-order valence-electron chi connectivity index (χ0n) is 8.39. The summed E-state index contributed by atoms with van der Waals surface area (Å²) in [6, 6.07) is 7.40. The summed E-state index contributed by atoms with van der Waals surface area (Å²) in [6.45, 7) is 0. The van der Waals surface area contributed by atoms with Crippen LogP contribution in [0.5, 0.6) is 0 Å². The molecule has 2 aromatic rings. The van der Waals surface area contributed by atoms with Gasteiger partial charge < -0.3 is 5.73 Å². The van der Waals surface area contributed by atoms with Crippen molar-refractivity contribution in [3.63, 3.8) is 0 Å². The van der Waals surface area contributed by atoms with Gasteiger partial charge in [-0.25, -0.2) is 0 Å². The van der Waals surface area contributed by atoms with Crippen molar-refractivity contribution in [2.24, 2.45) is 12.8 Å². The smallest absolute Gasteiger partial charge is 0.0582 e. The summed E-state index contributed by atoms with van der Waals surface area (Å²) in [5, 5.41) is 4.81. The largest absolute Gasteiger partial charge is 0.320 e. The zero-order chi connectivity index (χ0) is 10.8. The minimum absolute atomic E-state index is 0.143. The molecule has 1 heterocycles. The summed E-state index contributed by atoms with van der Waals surface area (Å²) in [4.78, 5) is 0. The first-order chi connectivity index (χ1) is 7.16. The van der Waals surface area contributed by atoms with Crippen LogP contribution in [0, 0.1) is 0 Å². The van der Waals surface area contributed by atoms with E-state index in [-0.39, 0.29) is 6.04 Å². The number of hydrogen-bond donors (Lipinski definition) is 1. The molecule has 1 aromatic heterocycles. The van der Waals surface area contributed by atoms with E-state index in [0.717, 1.165) is 16.1 Å². The number of nitrogens with zero attached hydrogens (tertiary/aromatic N) is 2. The van der Waals surface area contributed by atoms with Gasteiger partial charge in [0.25, 0.3) is 0 Å². The molecule has 0 amide bonds. The van der Waals surface area contributed by atoms with E-state index in [0.29, 0.717) is 0 Å². The van der Waals surface area contributed by atoms with Gasteiger partial charge in [-0.3, -0.25) is 4.68 Å². The second kappa shape index (κ2) is 4.04. The molecule has 0 aliphatic rings. The summed E-state index contributed by atoms with van der Waals surface area (Å²) in [5.74, 6) is 0. The van der Waals surface area contributed by atoms with Gasteiger partial charge in [0.2, 0.25) is 0 Å². The molecule has 78 valence electrons. The first kappa shape index (κ1) is 10.2. The lowest BCUT2D eigenvalue weighted by Gasteiger charge is -2.09. The van der Waals surface area contributed by atoms with Crippen LogP contribution in [-0.2, 0) is 7.05 Å². The fraction of sp³-hybridized carbons (Fsp3) is 0.182. The quantitative estimate of drug-likeness (QED) is 0.844. The number of aromatic nitrogens is 2. The number of rotatable bonds is 2. The van der Waals surface area contributed by atoms with Gasteiger partial charge in [-0.05, 0) is 17.7 Å². The average molecular weight is 222 g/mol. The van der Waals surface area contributed by atoms with Crippen molar-refractivity contribution in [1.29, 1.82) is 0 Å². The van der Waals surface area contributed by atoms with Crippen LogP contribution >= 0.6 is 11.6 Å². The van der Waals surface area contributed by atoms with Crippen LogP contribution in [0.3, 0.4) is 0 Å². The first-order valence-electron chi connectivity index (χ1n) is 4.66. The highest BCUT2D eigenvalue weighted by molar-refractivity contribution is 6.30. The van der Waals surface area contributed by atoms with Crippen LogP contribution < -0.4 is 5.73 Å². The van der Waals surface area contributed by atoms with E-state index in [4.69, 9.17) is 17.3 Å². The molecule has 3 nitrogen and oxygen atoms in total. The van der Waals surface area contributed by atoms with Crippen LogP contribution in [0.4, 0.5) is 0 Å². The van der Waals surface area contributed by atoms with Crippen molar-refractivity contribution < 1.29 is 0 Å². The molecule has 0 unspecified atom stereocenters. The SMILES string of the molecule is Cn1cc([C@H](N)c2ccc(Cl)cc2)cn1. The lowest BCUT2D eigenvalue weighted by molar-refractivity contribution is 0.765. The third kappa shape index (κ3) is 2.19. The minimum Gasteiger partial charge on any atom is -0.320 e. The van der Waals surface area contributed by atoms with E-state index in [1.807, 2.05) is 37.5 Å². The van der Waals surface area contributed by atoms with E-state index >= 15 is 0 Å². The van der Waals surface area contributed by atoms with Crippen molar-refractivity contribution in [3.05, 3.63) is 52.8 Å².